The molecule has 0 spiro atoms. The molecule has 0 unspecified atom stereocenters. The van der Waals surface area contributed by atoms with Crippen LogP contribution in [0, 0.1) is 6.92 Å². The standard InChI is InChI=1S/C14H13N5S/c1-10-9-20-14(18-10)19-17-8-11-4-2-3-5-12(11)13-15-6-7-16-13/h2-9H,1H3,(H,15,16)(H,18,19). The van der Waals surface area contributed by atoms with Gasteiger partial charge in [0, 0.05) is 28.9 Å². The van der Waals surface area contributed by atoms with E-state index < -0.39 is 0 Å². The summed E-state index contributed by atoms with van der Waals surface area (Å²) < 4.78 is 0. The average Bonchev–Trinajstić information content (AvgIpc) is 3.11. The fourth-order valence-corrected chi connectivity index (χ4v) is 2.44. The molecule has 0 aliphatic carbocycles. The highest BCUT2D eigenvalue weighted by molar-refractivity contribution is 7.13. The predicted molar refractivity (Wildman–Crippen MR) is 82.1 cm³/mol. The van der Waals surface area contributed by atoms with Gasteiger partial charge in [0.05, 0.1) is 11.9 Å². The normalized spacial score (nSPS) is 11.1. The van der Waals surface area contributed by atoms with E-state index in [1.165, 1.54) is 11.3 Å². The van der Waals surface area contributed by atoms with E-state index in [4.69, 9.17) is 0 Å². The van der Waals surface area contributed by atoms with Gasteiger partial charge in [-0.15, -0.1) is 11.3 Å². The summed E-state index contributed by atoms with van der Waals surface area (Å²) in [5.74, 6) is 0.831. The van der Waals surface area contributed by atoms with Crippen LogP contribution in [0.15, 0.2) is 47.1 Å². The minimum absolute atomic E-state index is 0.786. The zero-order chi connectivity index (χ0) is 13.8. The number of H-pyrrole nitrogens is 1. The van der Waals surface area contributed by atoms with Gasteiger partial charge in [0.2, 0.25) is 5.13 Å². The van der Waals surface area contributed by atoms with Crippen LogP contribution < -0.4 is 5.43 Å². The van der Waals surface area contributed by atoms with Crippen molar-refractivity contribution in [3.05, 3.63) is 53.3 Å². The molecular weight excluding hydrogens is 270 g/mol. The number of aryl methyl sites for hydroxylation is 1. The molecule has 0 atom stereocenters. The summed E-state index contributed by atoms with van der Waals surface area (Å²) in [4.78, 5) is 11.7. The van der Waals surface area contributed by atoms with E-state index in [1.807, 2.05) is 36.6 Å². The van der Waals surface area contributed by atoms with E-state index in [0.717, 1.165) is 27.8 Å². The van der Waals surface area contributed by atoms with Crippen LogP contribution in [0.5, 0.6) is 0 Å². The van der Waals surface area contributed by atoms with Crippen molar-refractivity contribution in [3.8, 4) is 11.4 Å². The molecule has 0 saturated carbocycles. The summed E-state index contributed by atoms with van der Waals surface area (Å²) in [6.07, 6.45) is 5.31. The van der Waals surface area contributed by atoms with Crippen molar-refractivity contribution in [2.75, 3.05) is 5.43 Å². The lowest BCUT2D eigenvalue weighted by Crippen LogP contribution is -1.93. The van der Waals surface area contributed by atoms with Gasteiger partial charge in [-0.3, -0.25) is 5.43 Å². The molecule has 2 aromatic heterocycles. The maximum absolute atomic E-state index is 4.29. The van der Waals surface area contributed by atoms with Crippen molar-refractivity contribution >= 4 is 22.7 Å². The van der Waals surface area contributed by atoms with Gasteiger partial charge >= 0.3 is 0 Å². The topological polar surface area (TPSA) is 66.0 Å². The number of hydrogen-bond acceptors (Lipinski definition) is 5. The number of rotatable bonds is 4. The van der Waals surface area contributed by atoms with Gasteiger partial charge in [0.1, 0.15) is 5.82 Å². The molecule has 0 aliphatic rings. The Morgan fingerprint density at radius 1 is 1.35 bits per heavy atom. The zero-order valence-electron chi connectivity index (χ0n) is 10.9. The van der Waals surface area contributed by atoms with Gasteiger partial charge < -0.3 is 4.98 Å². The number of nitrogens with zero attached hydrogens (tertiary/aromatic N) is 3. The number of benzene rings is 1. The number of aromatic amines is 1. The van der Waals surface area contributed by atoms with Crippen LogP contribution >= 0.6 is 11.3 Å². The molecule has 5 nitrogen and oxygen atoms in total. The van der Waals surface area contributed by atoms with Crippen molar-refractivity contribution in [2.24, 2.45) is 5.10 Å². The number of nitrogens with one attached hydrogen (secondary N) is 2. The monoisotopic (exact) mass is 283 g/mol. The van der Waals surface area contributed by atoms with Gasteiger partial charge in [-0.25, -0.2) is 9.97 Å². The number of thiazole rings is 1. The first kappa shape index (κ1) is 12.6. The van der Waals surface area contributed by atoms with E-state index >= 15 is 0 Å². The summed E-state index contributed by atoms with van der Waals surface area (Å²) in [6.45, 7) is 1.96. The van der Waals surface area contributed by atoms with E-state index in [9.17, 15) is 0 Å². The molecule has 3 rings (SSSR count). The first-order chi connectivity index (χ1) is 9.83. The van der Waals surface area contributed by atoms with Gasteiger partial charge in [-0.05, 0) is 6.92 Å². The molecule has 0 saturated heterocycles. The van der Waals surface area contributed by atoms with Crippen LogP contribution in [0.2, 0.25) is 0 Å². The molecular formula is C14H13N5S. The first-order valence-electron chi connectivity index (χ1n) is 6.13. The molecule has 20 heavy (non-hydrogen) atoms. The summed E-state index contributed by atoms with van der Waals surface area (Å²) in [7, 11) is 0. The predicted octanol–water partition coefficient (Wildman–Crippen LogP) is 3.29. The molecule has 0 aliphatic heterocycles. The van der Waals surface area contributed by atoms with E-state index in [1.54, 1.807) is 18.6 Å². The highest BCUT2D eigenvalue weighted by Crippen LogP contribution is 2.18. The third-order valence-corrected chi connectivity index (χ3v) is 3.56. The Balaban J connectivity index is 1.80. The van der Waals surface area contributed by atoms with Crippen molar-refractivity contribution in [3.63, 3.8) is 0 Å². The van der Waals surface area contributed by atoms with Crippen LogP contribution in [-0.2, 0) is 0 Å². The number of imidazole rings is 1. The second kappa shape index (κ2) is 5.66. The van der Waals surface area contributed by atoms with Gasteiger partial charge in [0.25, 0.3) is 0 Å². The van der Waals surface area contributed by atoms with Crippen molar-refractivity contribution in [1.29, 1.82) is 0 Å². The fraction of sp³-hybridized carbons (Fsp3) is 0.0714. The Kier molecular flexibility index (Phi) is 3.56. The molecule has 100 valence electrons. The molecule has 6 heteroatoms. The highest BCUT2D eigenvalue weighted by atomic mass is 32.1. The highest BCUT2D eigenvalue weighted by Gasteiger charge is 2.04. The van der Waals surface area contributed by atoms with Crippen LogP contribution in [0.1, 0.15) is 11.3 Å². The SMILES string of the molecule is Cc1csc(NN=Cc2ccccc2-c2ncc[nH]2)n1. The zero-order valence-corrected chi connectivity index (χ0v) is 11.7. The van der Waals surface area contributed by atoms with E-state index in [-0.39, 0.29) is 0 Å². The van der Waals surface area contributed by atoms with Gasteiger partial charge in [0.15, 0.2) is 0 Å². The number of aromatic nitrogens is 3. The minimum Gasteiger partial charge on any atom is -0.345 e. The van der Waals surface area contributed by atoms with Gasteiger partial charge in [-0.2, -0.15) is 5.10 Å². The Labute approximate surface area is 120 Å². The summed E-state index contributed by atoms with van der Waals surface area (Å²) in [5, 5.41) is 6.99. The maximum Gasteiger partial charge on any atom is 0.203 e. The largest absolute Gasteiger partial charge is 0.345 e. The molecule has 0 radical (unpaired) electrons. The molecule has 0 amide bonds. The molecule has 1 aromatic carbocycles. The second-order valence-electron chi connectivity index (χ2n) is 4.19. The molecule has 3 aromatic rings. The molecule has 0 fully saturated rings. The van der Waals surface area contributed by atoms with Crippen molar-refractivity contribution in [2.45, 2.75) is 6.92 Å². The van der Waals surface area contributed by atoms with Gasteiger partial charge in [-0.1, -0.05) is 24.3 Å². The maximum atomic E-state index is 4.29. The lowest BCUT2D eigenvalue weighted by atomic mass is 10.1. The number of hydrazone groups is 1. The Morgan fingerprint density at radius 2 is 2.25 bits per heavy atom. The van der Waals surface area contributed by atoms with Crippen LogP contribution in [0.3, 0.4) is 0 Å². The molecule has 0 bridgehead atoms. The minimum atomic E-state index is 0.786. The molecule has 2 N–H and O–H groups in total. The number of hydrogen-bond donors (Lipinski definition) is 2. The summed E-state index contributed by atoms with van der Waals surface area (Å²) in [5.41, 5.74) is 5.92. The summed E-state index contributed by atoms with van der Waals surface area (Å²) in [6, 6.07) is 7.96. The lowest BCUT2D eigenvalue weighted by molar-refractivity contribution is 1.22. The van der Waals surface area contributed by atoms with E-state index in [2.05, 4.69) is 25.5 Å². The van der Waals surface area contributed by atoms with Crippen molar-refractivity contribution in [1.82, 2.24) is 15.0 Å². The average molecular weight is 283 g/mol. The fourth-order valence-electron chi connectivity index (χ4n) is 1.80. The number of anilines is 1. The quantitative estimate of drug-likeness (QED) is 0.570. The Hall–Kier alpha value is -2.47. The Morgan fingerprint density at radius 3 is 3.00 bits per heavy atom. The Bertz CT molecular complexity index is 715. The van der Waals surface area contributed by atoms with Crippen LogP contribution in [-0.4, -0.2) is 21.2 Å². The van der Waals surface area contributed by atoms with Crippen molar-refractivity contribution < 1.29 is 0 Å². The van der Waals surface area contributed by atoms with Crippen LogP contribution in [0.25, 0.3) is 11.4 Å². The summed E-state index contributed by atoms with van der Waals surface area (Å²) >= 11 is 1.53. The third kappa shape index (κ3) is 2.75. The second-order valence-corrected chi connectivity index (χ2v) is 5.05. The lowest BCUT2D eigenvalue weighted by Gasteiger charge is -2.02. The van der Waals surface area contributed by atoms with E-state index in [0.29, 0.717) is 0 Å². The third-order valence-electron chi connectivity index (χ3n) is 2.70. The smallest absolute Gasteiger partial charge is 0.203 e. The first-order valence-corrected chi connectivity index (χ1v) is 7.01. The van der Waals surface area contributed by atoms with Crippen LogP contribution in [0.4, 0.5) is 5.13 Å². The molecule has 2 heterocycles.